The highest BCUT2D eigenvalue weighted by atomic mass is 31.2. The summed E-state index contributed by atoms with van der Waals surface area (Å²) in [4.78, 5) is 16.1. The Labute approximate surface area is 47.4 Å². The minimum atomic E-state index is -4.06. The quantitative estimate of drug-likeness (QED) is 0.478. The maximum Gasteiger partial charge on any atom is 0.400 e. The normalized spacial score (nSPS) is 11.2. The molecule has 0 saturated heterocycles. The molecule has 0 heterocycles. The molecule has 0 amide bonds. The van der Waals surface area contributed by atoms with E-state index >= 15 is 0 Å². The van der Waals surface area contributed by atoms with Gasteiger partial charge in [0, 0.05) is 0 Å². The van der Waals surface area contributed by atoms with Gasteiger partial charge in [-0.05, 0) is 0 Å². The van der Waals surface area contributed by atoms with E-state index in [0.29, 0.717) is 0 Å². The van der Waals surface area contributed by atoms with Crippen LogP contribution in [0.4, 0.5) is 0 Å². The molecule has 1 radical (unpaired) electrons. The van der Waals surface area contributed by atoms with Crippen molar-refractivity contribution in [2.45, 2.75) is 0 Å². The zero-order valence-electron chi connectivity index (χ0n) is 4.11. The summed E-state index contributed by atoms with van der Waals surface area (Å²) in [5, 5.41) is 1.80. The van der Waals surface area contributed by atoms with Crippen LogP contribution in [0.1, 0.15) is 0 Å². The molecule has 5 heteroatoms. The van der Waals surface area contributed by atoms with E-state index in [4.69, 9.17) is 9.79 Å². The maximum absolute atomic E-state index is 9.89. The monoisotopic (exact) mass is 136 g/mol. The molecule has 0 aromatic heterocycles. The summed E-state index contributed by atoms with van der Waals surface area (Å²) < 4.78 is 9.89. The highest BCUT2D eigenvalue weighted by molar-refractivity contribution is 7.49. The number of nitrogens with one attached hydrogen (secondary N) is 1. The Balaban J connectivity index is 3.40. The van der Waals surface area contributed by atoms with Crippen molar-refractivity contribution in [1.82, 2.24) is 5.09 Å². The summed E-state index contributed by atoms with van der Waals surface area (Å²) >= 11 is 0. The number of hydrogen-bond donors (Lipinski definition) is 3. The van der Waals surface area contributed by atoms with Crippen LogP contribution in [-0.2, 0) is 4.57 Å². The standard InChI is InChI=1S/C3H7NO3P/c1-2-3-4-8(5,6)7/h2-3H,1H2,(H3,4,5,6,7). The molecule has 0 fully saturated rings. The molecule has 0 aliphatic rings. The van der Waals surface area contributed by atoms with Crippen molar-refractivity contribution in [3.63, 3.8) is 0 Å². The SMILES string of the molecule is C=C[CH]NP(=O)(O)O. The highest BCUT2D eigenvalue weighted by Gasteiger charge is 2.08. The Hall–Kier alpha value is -0.150. The first-order valence-corrected chi connectivity index (χ1v) is 3.45. The highest BCUT2D eigenvalue weighted by Crippen LogP contribution is 2.27. The fourth-order valence-corrected chi connectivity index (χ4v) is 0.449. The van der Waals surface area contributed by atoms with Crippen molar-refractivity contribution in [3.05, 3.63) is 19.2 Å². The van der Waals surface area contributed by atoms with Gasteiger partial charge in [0.1, 0.15) is 0 Å². The van der Waals surface area contributed by atoms with Crippen LogP contribution in [0.3, 0.4) is 0 Å². The first-order valence-electron chi connectivity index (χ1n) is 1.84. The zero-order valence-corrected chi connectivity index (χ0v) is 5.01. The van der Waals surface area contributed by atoms with Crippen LogP contribution >= 0.6 is 7.75 Å². The molecule has 0 rings (SSSR count). The van der Waals surface area contributed by atoms with Gasteiger partial charge >= 0.3 is 7.75 Å². The first kappa shape index (κ1) is 7.85. The lowest BCUT2D eigenvalue weighted by Crippen LogP contribution is -2.02. The van der Waals surface area contributed by atoms with E-state index in [-0.39, 0.29) is 0 Å². The topological polar surface area (TPSA) is 69.6 Å². The van der Waals surface area contributed by atoms with Crippen LogP contribution in [-0.4, -0.2) is 9.79 Å². The van der Waals surface area contributed by atoms with Gasteiger partial charge in [-0.1, -0.05) is 6.08 Å². The van der Waals surface area contributed by atoms with E-state index < -0.39 is 7.75 Å². The molecule has 0 aliphatic heterocycles. The summed E-state index contributed by atoms with van der Waals surface area (Å²) in [6.07, 6.45) is 1.25. The van der Waals surface area contributed by atoms with Crippen molar-refractivity contribution in [2.24, 2.45) is 0 Å². The Morgan fingerprint density at radius 2 is 2.12 bits per heavy atom. The largest absolute Gasteiger partial charge is 0.400 e. The van der Waals surface area contributed by atoms with E-state index in [2.05, 4.69) is 6.58 Å². The van der Waals surface area contributed by atoms with E-state index in [1.165, 1.54) is 6.08 Å². The van der Waals surface area contributed by atoms with Crippen molar-refractivity contribution in [3.8, 4) is 0 Å². The van der Waals surface area contributed by atoms with Gasteiger partial charge in [0.2, 0.25) is 0 Å². The molecule has 0 aliphatic carbocycles. The third-order valence-corrected chi connectivity index (χ3v) is 0.846. The minimum absolute atomic E-state index is 1.08. The van der Waals surface area contributed by atoms with Crippen LogP contribution in [0.5, 0.6) is 0 Å². The Kier molecular flexibility index (Phi) is 2.94. The molecule has 8 heavy (non-hydrogen) atoms. The Morgan fingerprint density at radius 1 is 1.62 bits per heavy atom. The Morgan fingerprint density at radius 3 is 2.25 bits per heavy atom. The molecule has 0 aromatic carbocycles. The van der Waals surface area contributed by atoms with Gasteiger partial charge in [-0.25, -0.2) is 9.65 Å². The van der Waals surface area contributed by atoms with Crippen molar-refractivity contribution in [1.29, 1.82) is 0 Å². The van der Waals surface area contributed by atoms with Crippen LogP contribution in [0.25, 0.3) is 0 Å². The molecular weight excluding hydrogens is 129 g/mol. The lowest BCUT2D eigenvalue weighted by molar-refractivity contribution is 0.363. The summed E-state index contributed by atoms with van der Waals surface area (Å²) in [5.74, 6) is 0. The average Bonchev–Trinajstić information content (AvgIpc) is 1.59. The molecule has 0 atom stereocenters. The molecule has 47 valence electrons. The lowest BCUT2D eigenvalue weighted by Gasteiger charge is -1.99. The first-order chi connectivity index (χ1) is 3.56. The van der Waals surface area contributed by atoms with Crippen molar-refractivity contribution in [2.75, 3.05) is 0 Å². The summed E-state index contributed by atoms with van der Waals surface area (Å²) in [5.41, 5.74) is 0. The van der Waals surface area contributed by atoms with Crippen LogP contribution < -0.4 is 5.09 Å². The maximum atomic E-state index is 9.89. The zero-order chi connectivity index (χ0) is 6.62. The third-order valence-electron chi connectivity index (χ3n) is 0.361. The molecule has 0 spiro atoms. The summed E-state index contributed by atoms with van der Waals surface area (Å²) in [7, 11) is -4.06. The summed E-state index contributed by atoms with van der Waals surface area (Å²) in [6, 6.07) is 0. The smallest absolute Gasteiger partial charge is 0.313 e. The summed E-state index contributed by atoms with van der Waals surface area (Å²) in [6.45, 7) is 4.29. The molecule has 0 saturated carbocycles. The fraction of sp³-hybridized carbons (Fsp3) is 0. The van der Waals surface area contributed by atoms with Gasteiger partial charge in [-0.2, -0.15) is 0 Å². The van der Waals surface area contributed by atoms with Gasteiger partial charge in [0.25, 0.3) is 0 Å². The number of rotatable bonds is 3. The van der Waals surface area contributed by atoms with Gasteiger partial charge in [-0.15, -0.1) is 6.58 Å². The van der Waals surface area contributed by atoms with E-state index in [9.17, 15) is 4.57 Å². The van der Waals surface area contributed by atoms with Gasteiger partial charge in [-0.3, -0.25) is 0 Å². The molecule has 3 N–H and O–H groups in total. The van der Waals surface area contributed by atoms with Crippen molar-refractivity contribution < 1.29 is 14.4 Å². The Bertz CT molecular complexity index is 118. The predicted octanol–water partition coefficient (Wildman–Crippen LogP) is 0.0165. The second kappa shape index (κ2) is 2.99. The second-order valence-electron chi connectivity index (χ2n) is 1.08. The van der Waals surface area contributed by atoms with Gasteiger partial charge < -0.3 is 9.79 Å². The number of hydrogen-bond acceptors (Lipinski definition) is 1. The molecular formula is C3H7NO3P. The van der Waals surface area contributed by atoms with E-state index in [1.54, 1.807) is 5.09 Å². The average molecular weight is 136 g/mol. The van der Waals surface area contributed by atoms with Gasteiger partial charge in [0.15, 0.2) is 0 Å². The van der Waals surface area contributed by atoms with Crippen LogP contribution in [0.2, 0.25) is 0 Å². The van der Waals surface area contributed by atoms with E-state index in [1.807, 2.05) is 0 Å². The van der Waals surface area contributed by atoms with Crippen molar-refractivity contribution >= 4 is 7.75 Å². The van der Waals surface area contributed by atoms with Crippen LogP contribution in [0.15, 0.2) is 12.7 Å². The predicted molar refractivity (Wildman–Crippen MR) is 29.7 cm³/mol. The third kappa shape index (κ3) is 5.85. The molecule has 0 bridgehead atoms. The fourth-order valence-electron chi connectivity index (χ4n) is 0.150. The second-order valence-corrected chi connectivity index (χ2v) is 2.42. The molecule has 0 unspecified atom stereocenters. The lowest BCUT2D eigenvalue weighted by atomic mass is 10.7. The minimum Gasteiger partial charge on any atom is -0.313 e. The molecule has 0 aromatic rings. The van der Waals surface area contributed by atoms with E-state index in [0.717, 1.165) is 6.54 Å². The molecule has 4 nitrogen and oxygen atoms in total. The van der Waals surface area contributed by atoms with Gasteiger partial charge in [0.05, 0.1) is 6.54 Å². The van der Waals surface area contributed by atoms with Crippen LogP contribution in [0, 0.1) is 6.54 Å².